The molecular formula is C11H11BrO4. The topological polar surface area (TPSA) is 52.6 Å². The molecule has 86 valence electrons. The van der Waals surface area contributed by atoms with Gasteiger partial charge in [0.2, 0.25) is 0 Å². The molecule has 1 aromatic carbocycles. The minimum Gasteiger partial charge on any atom is -0.461 e. The molecule has 4 nitrogen and oxygen atoms in total. The van der Waals surface area contributed by atoms with E-state index in [1.54, 1.807) is 18.2 Å². The van der Waals surface area contributed by atoms with E-state index in [-0.39, 0.29) is 18.5 Å². The SMILES string of the molecule is CC(=O)OCc1cc(OC(C)=O)ccc1Br. The third-order valence-electron chi connectivity index (χ3n) is 1.71. The number of hydrogen-bond acceptors (Lipinski definition) is 4. The van der Waals surface area contributed by atoms with Crippen molar-refractivity contribution in [2.24, 2.45) is 0 Å². The zero-order chi connectivity index (χ0) is 12.1. The molecule has 0 amide bonds. The maximum atomic E-state index is 10.8. The molecule has 0 radical (unpaired) electrons. The highest BCUT2D eigenvalue weighted by molar-refractivity contribution is 9.10. The monoisotopic (exact) mass is 286 g/mol. The average Bonchev–Trinajstić information content (AvgIpc) is 2.18. The molecule has 0 atom stereocenters. The van der Waals surface area contributed by atoms with Crippen molar-refractivity contribution in [3.05, 3.63) is 28.2 Å². The van der Waals surface area contributed by atoms with Crippen LogP contribution in [0.15, 0.2) is 22.7 Å². The largest absolute Gasteiger partial charge is 0.461 e. The summed E-state index contributed by atoms with van der Waals surface area (Å²) in [6.07, 6.45) is 0. The lowest BCUT2D eigenvalue weighted by Crippen LogP contribution is -2.03. The molecule has 0 saturated carbocycles. The van der Waals surface area contributed by atoms with Crippen LogP contribution in [0.3, 0.4) is 0 Å². The van der Waals surface area contributed by atoms with Gasteiger partial charge in [-0.15, -0.1) is 0 Å². The van der Waals surface area contributed by atoms with E-state index in [2.05, 4.69) is 15.9 Å². The van der Waals surface area contributed by atoms with Gasteiger partial charge < -0.3 is 9.47 Å². The number of hydrogen-bond donors (Lipinski definition) is 0. The van der Waals surface area contributed by atoms with E-state index in [9.17, 15) is 9.59 Å². The van der Waals surface area contributed by atoms with Crippen LogP contribution in [0.5, 0.6) is 5.75 Å². The second-order valence-electron chi connectivity index (χ2n) is 3.13. The Labute approximate surface area is 102 Å². The first-order chi connectivity index (χ1) is 7.49. The Hall–Kier alpha value is -1.36. The summed E-state index contributed by atoms with van der Waals surface area (Å²) in [5, 5.41) is 0. The van der Waals surface area contributed by atoms with Gasteiger partial charge in [-0.1, -0.05) is 15.9 Å². The van der Waals surface area contributed by atoms with Crippen molar-refractivity contribution in [2.45, 2.75) is 20.5 Å². The standard InChI is InChI=1S/C11H11BrO4/c1-7(13)15-6-9-5-10(16-8(2)14)3-4-11(9)12/h3-5H,6H2,1-2H3. The van der Waals surface area contributed by atoms with Gasteiger partial charge >= 0.3 is 11.9 Å². The molecule has 16 heavy (non-hydrogen) atoms. The van der Waals surface area contributed by atoms with E-state index < -0.39 is 0 Å². The summed E-state index contributed by atoms with van der Waals surface area (Å²) in [6, 6.07) is 5.04. The first-order valence-electron chi connectivity index (χ1n) is 4.59. The minimum atomic E-state index is -0.388. The zero-order valence-corrected chi connectivity index (χ0v) is 10.5. The molecule has 5 heteroatoms. The summed E-state index contributed by atoms with van der Waals surface area (Å²) in [7, 11) is 0. The molecule has 0 aliphatic heterocycles. The van der Waals surface area contributed by atoms with Crippen LogP contribution in [0.25, 0.3) is 0 Å². The van der Waals surface area contributed by atoms with E-state index in [0.717, 1.165) is 10.0 Å². The van der Waals surface area contributed by atoms with Gasteiger partial charge in [-0.05, 0) is 18.2 Å². The van der Waals surface area contributed by atoms with Gasteiger partial charge in [0, 0.05) is 23.9 Å². The van der Waals surface area contributed by atoms with Crippen molar-refractivity contribution in [3.63, 3.8) is 0 Å². The fourth-order valence-electron chi connectivity index (χ4n) is 1.07. The maximum absolute atomic E-state index is 10.8. The summed E-state index contributed by atoms with van der Waals surface area (Å²) in [6.45, 7) is 2.81. The quantitative estimate of drug-likeness (QED) is 0.633. The van der Waals surface area contributed by atoms with Gasteiger partial charge in [0.05, 0.1) is 0 Å². The fraction of sp³-hybridized carbons (Fsp3) is 0.273. The van der Waals surface area contributed by atoms with Crippen molar-refractivity contribution in [1.82, 2.24) is 0 Å². The van der Waals surface area contributed by atoms with E-state index in [1.165, 1.54) is 13.8 Å². The Morgan fingerprint density at radius 2 is 1.94 bits per heavy atom. The van der Waals surface area contributed by atoms with Crippen LogP contribution in [-0.4, -0.2) is 11.9 Å². The number of benzene rings is 1. The minimum absolute atomic E-state index is 0.144. The summed E-state index contributed by atoms with van der Waals surface area (Å²) < 4.78 is 10.6. The number of carbonyl (C=O) groups excluding carboxylic acids is 2. The van der Waals surface area contributed by atoms with E-state index in [0.29, 0.717) is 5.75 Å². The van der Waals surface area contributed by atoms with Gasteiger partial charge in [-0.25, -0.2) is 0 Å². The highest BCUT2D eigenvalue weighted by Gasteiger charge is 2.05. The molecule has 1 aromatic rings. The molecule has 0 heterocycles. The molecule has 0 N–H and O–H groups in total. The Kier molecular flexibility index (Phi) is 4.49. The van der Waals surface area contributed by atoms with Gasteiger partial charge in [0.25, 0.3) is 0 Å². The van der Waals surface area contributed by atoms with Crippen LogP contribution in [0.1, 0.15) is 19.4 Å². The second kappa shape index (κ2) is 5.65. The lowest BCUT2D eigenvalue weighted by molar-refractivity contribution is -0.142. The maximum Gasteiger partial charge on any atom is 0.308 e. The number of carbonyl (C=O) groups is 2. The highest BCUT2D eigenvalue weighted by Crippen LogP contribution is 2.23. The third-order valence-corrected chi connectivity index (χ3v) is 2.48. The lowest BCUT2D eigenvalue weighted by Gasteiger charge is -2.07. The number of ether oxygens (including phenoxy) is 2. The molecule has 0 saturated heterocycles. The predicted molar refractivity (Wildman–Crippen MR) is 60.9 cm³/mol. The number of rotatable bonds is 3. The van der Waals surface area contributed by atoms with E-state index in [1.807, 2.05) is 0 Å². The van der Waals surface area contributed by atoms with Gasteiger partial charge in [0.1, 0.15) is 12.4 Å². The third kappa shape index (κ3) is 4.02. The number of halogens is 1. The first kappa shape index (κ1) is 12.7. The van der Waals surface area contributed by atoms with Gasteiger partial charge in [-0.2, -0.15) is 0 Å². The summed E-state index contributed by atoms with van der Waals surface area (Å²) in [5.41, 5.74) is 0.744. The summed E-state index contributed by atoms with van der Waals surface area (Å²) in [4.78, 5) is 21.4. The van der Waals surface area contributed by atoms with Gasteiger partial charge in [0.15, 0.2) is 0 Å². The Morgan fingerprint density at radius 3 is 2.50 bits per heavy atom. The molecule has 0 aliphatic carbocycles. The normalized spacial score (nSPS) is 9.69. The molecule has 0 aliphatic rings. The Morgan fingerprint density at radius 1 is 1.25 bits per heavy atom. The summed E-state index contributed by atoms with van der Waals surface area (Å²) >= 11 is 3.31. The Bertz CT molecular complexity index is 414. The van der Waals surface area contributed by atoms with Crippen molar-refractivity contribution < 1.29 is 19.1 Å². The van der Waals surface area contributed by atoms with Crippen molar-refractivity contribution in [1.29, 1.82) is 0 Å². The zero-order valence-electron chi connectivity index (χ0n) is 8.95. The van der Waals surface area contributed by atoms with Crippen LogP contribution in [-0.2, 0) is 20.9 Å². The highest BCUT2D eigenvalue weighted by atomic mass is 79.9. The predicted octanol–water partition coefficient (Wildman–Crippen LogP) is 2.44. The first-order valence-corrected chi connectivity index (χ1v) is 5.38. The summed E-state index contributed by atoms with van der Waals surface area (Å²) in [5.74, 6) is -0.316. The second-order valence-corrected chi connectivity index (χ2v) is 3.98. The van der Waals surface area contributed by atoms with Crippen LogP contribution in [0.4, 0.5) is 0 Å². The molecule has 0 bridgehead atoms. The smallest absolute Gasteiger partial charge is 0.308 e. The van der Waals surface area contributed by atoms with Crippen molar-refractivity contribution in [2.75, 3.05) is 0 Å². The van der Waals surface area contributed by atoms with Crippen LogP contribution in [0.2, 0.25) is 0 Å². The molecule has 0 aromatic heterocycles. The van der Waals surface area contributed by atoms with E-state index in [4.69, 9.17) is 9.47 Å². The van der Waals surface area contributed by atoms with Crippen LogP contribution in [0, 0.1) is 0 Å². The lowest BCUT2D eigenvalue weighted by atomic mass is 10.2. The van der Waals surface area contributed by atoms with Gasteiger partial charge in [-0.3, -0.25) is 9.59 Å². The van der Waals surface area contributed by atoms with Crippen molar-refractivity contribution >= 4 is 27.9 Å². The molecule has 0 fully saturated rings. The molecule has 0 unspecified atom stereocenters. The van der Waals surface area contributed by atoms with Crippen molar-refractivity contribution in [3.8, 4) is 5.75 Å². The molecule has 1 rings (SSSR count). The fourth-order valence-corrected chi connectivity index (χ4v) is 1.43. The molecular weight excluding hydrogens is 276 g/mol. The van der Waals surface area contributed by atoms with E-state index >= 15 is 0 Å². The molecule has 0 spiro atoms. The average molecular weight is 287 g/mol. The number of esters is 2. The van der Waals surface area contributed by atoms with Crippen LogP contribution >= 0.6 is 15.9 Å². The Balaban J connectivity index is 2.81. The van der Waals surface area contributed by atoms with Crippen LogP contribution < -0.4 is 4.74 Å².